The molecule has 0 aliphatic rings. The molecular formula is C17H18N2O3S. The van der Waals surface area contributed by atoms with Crippen molar-refractivity contribution in [3.8, 4) is 16.3 Å². The number of benzene rings is 1. The van der Waals surface area contributed by atoms with Gasteiger partial charge in [-0.25, -0.2) is 4.79 Å². The second-order valence-corrected chi connectivity index (χ2v) is 6.61. The van der Waals surface area contributed by atoms with E-state index in [9.17, 15) is 4.79 Å². The Morgan fingerprint density at radius 2 is 1.96 bits per heavy atom. The molecule has 0 bridgehead atoms. The summed E-state index contributed by atoms with van der Waals surface area (Å²) in [5.41, 5.74) is 3.66. The van der Waals surface area contributed by atoms with Crippen molar-refractivity contribution in [1.82, 2.24) is 10.2 Å². The van der Waals surface area contributed by atoms with E-state index in [1.54, 1.807) is 14.0 Å². The van der Waals surface area contributed by atoms with Crippen LogP contribution in [0.3, 0.4) is 0 Å². The van der Waals surface area contributed by atoms with Gasteiger partial charge < -0.3 is 9.15 Å². The molecule has 0 aliphatic carbocycles. The van der Waals surface area contributed by atoms with Crippen molar-refractivity contribution < 1.29 is 9.15 Å². The van der Waals surface area contributed by atoms with Crippen LogP contribution in [0.5, 0.6) is 5.75 Å². The zero-order valence-corrected chi connectivity index (χ0v) is 14.6. The van der Waals surface area contributed by atoms with Gasteiger partial charge in [0.15, 0.2) is 0 Å². The smallest absolute Gasteiger partial charge is 0.339 e. The first-order valence-electron chi connectivity index (χ1n) is 7.42. The van der Waals surface area contributed by atoms with E-state index >= 15 is 0 Å². The highest BCUT2D eigenvalue weighted by atomic mass is 32.1. The third kappa shape index (κ3) is 2.43. The number of fused-ring (bicyclic) bond motifs is 1. The molecule has 23 heavy (non-hydrogen) atoms. The quantitative estimate of drug-likeness (QED) is 0.683. The van der Waals surface area contributed by atoms with Gasteiger partial charge >= 0.3 is 5.63 Å². The predicted molar refractivity (Wildman–Crippen MR) is 91.5 cm³/mol. The maximum atomic E-state index is 12.0. The molecule has 0 unspecified atom stereocenters. The number of methoxy groups -OCH3 is 1. The second kappa shape index (κ2) is 5.77. The van der Waals surface area contributed by atoms with Crippen LogP contribution < -0.4 is 10.4 Å². The Labute approximate surface area is 137 Å². The molecular weight excluding hydrogens is 312 g/mol. The summed E-state index contributed by atoms with van der Waals surface area (Å²) in [6.07, 6.45) is 0.782. The maximum absolute atomic E-state index is 12.0. The zero-order chi connectivity index (χ0) is 16.7. The highest BCUT2D eigenvalue weighted by Gasteiger charge is 2.21. The fourth-order valence-electron chi connectivity index (χ4n) is 2.80. The van der Waals surface area contributed by atoms with Gasteiger partial charge in [0.05, 0.1) is 12.5 Å². The highest BCUT2D eigenvalue weighted by Crippen LogP contribution is 2.40. The molecule has 1 aromatic carbocycles. The lowest BCUT2D eigenvalue weighted by Gasteiger charge is -2.16. The predicted octanol–water partition coefficient (Wildman–Crippen LogP) is 3.81. The van der Waals surface area contributed by atoms with Crippen molar-refractivity contribution in [2.75, 3.05) is 7.11 Å². The molecule has 0 spiro atoms. The van der Waals surface area contributed by atoms with E-state index in [1.807, 2.05) is 19.9 Å². The van der Waals surface area contributed by atoms with Crippen LogP contribution in [0.25, 0.3) is 21.5 Å². The molecule has 120 valence electrons. The fourth-order valence-corrected chi connectivity index (χ4v) is 3.54. The second-order valence-electron chi connectivity index (χ2n) is 5.43. The first-order valence-corrected chi connectivity index (χ1v) is 8.23. The van der Waals surface area contributed by atoms with E-state index in [2.05, 4.69) is 17.1 Å². The molecule has 0 amide bonds. The summed E-state index contributed by atoms with van der Waals surface area (Å²) in [4.78, 5) is 12.0. The van der Waals surface area contributed by atoms with Gasteiger partial charge in [-0.15, -0.1) is 10.2 Å². The molecule has 2 aromatic heterocycles. The van der Waals surface area contributed by atoms with E-state index in [-0.39, 0.29) is 5.63 Å². The van der Waals surface area contributed by atoms with E-state index in [1.165, 1.54) is 11.3 Å². The largest absolute Gasteiger partial charge is 0.496 e. The number of hydrogen-bond donors (Lipinski definition) is 0. The van der Waals surface area contributed by atoms with Gasteiger partial charge in [0, 0.05) is 16.7 Å². The molecule has 2 heterocycles. The number of ether oxygens (including phenoxy) is 1. The third-order valence-electron chi connectivity index (χ3n) is 4.11. The summed E-state index contributed by atoms with van der Waals surface area (Å²) in [5, 5.41) is 10.9. The Morgan fingerprint density at radius 3 is 2.52 bits per heavy atom. The molecule has 5 nitrogen and oxygen atoms in total. The van der Waals surface area contributed by atoms with Crippen molar-refractivity contribution in [3.63, 3.8) is 0 Å². The van der Waals surface area contributed by atoms with Crippen molar-refractivity contribution in [2.45, 2.75) is 34.1 Å². The zero-order valence-electron chi connectivity index (χ0n) is 13.8. The maximum Gasteiger partial charge on any atom is 0.339 e. The molecule has 0 fully saturated rings. The summed E-state index contributed by atoms with van der Waals surface area (Å²) >= 11 is 1.51. The number of aryl methyl sites for hydroxylation is 2. The fraction of sp³-hybridized carbons (Fsp3) is 0.353. The van der Waals surface area contributed by atoms with Crippen molar-refractivity contribution in [1.29, 1.82) is 0 Å². The Hall–Kier alpha value is -2.21. The monoisotopic (exact) mass is 330 g/mol. The average molecular weight is 330 g/mol. The molecule has 0 saturated heterocycles. The molecule has 0 radical (unpaired) electrons. The minimum absolute atomic E-state index is 0.319. The number of rotatable bonds is 3. The van der Waals surface area contributed by atoms with Gasteiger partial charge in [-0.2, -0.15) is 0 Å². The molecule has 3 aromatic rings. The summed E-state index contributed by atoms with van der Waals surface area (Å²) in [6.45, 7) is 7.68. The molecule has 3 rings (SSSR count). The number of nitrogens with zero attached hydrogens (tertiary/aromatic N) is 2. The lowest BCUT2D eigenvalue weighted by Crippen LogP contribution is -2.07. The lowest BCUT2D eigenvalue weighted by atomic mass is 9.97. The number of aromatic nitrogens is 2. The van der Waals surface area contributed by atoms with Gasteiger partial charge in [-0.05, 0) is 38.8 Å². The van der Waals surface area contributed by atoms with Gasteiger partial charge in [-0.1, -0.05) is 18.3 Å². The first-order chi connectivity index (χ1) is 11.0. The van der Waals surface area contributed by atoms with Crippen LogP contribution in [-0.2, 0) is 6.42 Å². The van der Waals surface area contributed by atoms with E-state index < -0.39 is 0 Å². The van der Waals surface area contributed by atoms with E-state index in [0.717, 1.165) is 44.3 Å². The Morgan fingerprint density at radius 1 is 1.22 bits per heavy atom. The van der Waals surface area contributed by atoms with Gasteiger partial charge in [0.25, 0.3) is 0 Å². The topological polar surface area (TPSA) is 65.2 Å². The van der Waals surface area contributed by atoms with Crippen LogP contribution >= 0.6 is 11.3 Å². The summed E-state index contributed by atoms with van der Waals surface area (Å²) in [6, 6.07) is 1.88. The van der Waals surface area contributed by atoms with Crippen LogP contribution in [0.2, 0.25) is 0 Å². The van der Waals surface area contributed by atoms with Crippen LogP contribution in [0.1, 0.15) is 28.6 Å². The Balaban J connectivity index is 2.48. The summed E-state index contributed by atoms with van der Waals surface area (Å²) in [7, 11) is 1.64. The molecule has 6 heteroatoms. The Bertz CT molecular complexity index is 957. The van der Waals surface area contributed by atoms with Crippen molar-refractivity contribution in [2.24, 2.45) is 0 Å². The summed E-state index contributed by atoms with van der Waals surface area (Å²) in [5.74, 6) is 0.747. The van der Waals surface area contributed by atoms with Gasteiger partial charge in [-0.3, -0.25) is 0 Å². The SMILES string of the molecule is CCc1c(-c2nnc(C)s2)cc2oc(=O)c(C)c(C)c2c1OC. The number of hydrogen-bond acceptors (Lipinski definition) is 6. The van der Waals surface area contributed by atoms with Gasteiger partial charge in [0.1, 0.15) is 21.3 Å². The standard InChI is InChI=1S/C17H18N2O3S/c1-6-11-12(16-19-18-10(4)23-16)7-13-14(15(11)21-5)8(2)9(3)17(20)22-13/h7H,6H2,1-5H3. The molecule has 0 aliphatic heterocycles. The Kier molecular flexibility index (Phi) is 3.93. The first kappa shape index (κ1) is 15.7. The lowest BCUT2D eigenvalue weighted by molar-refractivity contribution is 0.414. The van der Waals surface area contributed by atoms with Crippen LogP contribution in [0.15, 0.2) is 15.3 Å². The van der Waals surface area contributed by atoms with Gasteiger partial charge in [0.2, 0.25) is 0 Å². The average Bonchev–Trinajstić information content (AvgIpc) is 2.97. The van der Waals surface area contributed by atoms with Crippen LogP contribution in [-0.4, -0.2) is 17.3 Å². The normalized spacial score (nSPS) is 11.2. The minimum Gasteiger partial charge on any atom is -0.496 e. The van der Waals surface area contributed by atoms with Crippen LogP contribution in [0.4, 0.5) is 0 Å². The molecule has 0 saturated carbocycles. The highest BCUT2D eigenvalue weighted by molar-refractivity contribution is 7.14. The van der Waals surface area contributed by atoms with Crippen molar-refractivity contribution >= 4 is 22.3 Å². The van der Waals surface area contributed by atoms with Crippen LogP contribution in [0, 0.1) is 20.8 Å². The van der Waals surface area contributed by atoms with E-state index in [0.29, 0.717) is 11.1 Å². The summed E-state index contributed by atoms with van der Waals surface area (Å²) < 4.78 is 11.2. The third-order valence-corrected chi connectivity index (χ3v) is 4.98. The molecule has 0 N–H and O–H groups in total. The molecule has 0 atom stereocenters. The van der Waals surface area contributed by atoms with E-state index in [4.69, 9.17) is 9.15 Å². The minimum atomic E-state index is -0.319. The van der Waals surface area contributed by atoms with Crippen molar-refractivity contribution in [3.05, 3.63) is 38.2 Å².